The maximum atomic E-state index is 5.80. The maximum absolute atomic E-state index is 5.80. The van der Waals surface area contributed by atoms with Crippen LogP contribution in [0.15, 0.2) is 23.7 Å². The second kappa shape index (κ2) is 5.14. The van der Waals surface area contributed by atoms with E-state index >= 15 is 0 Å². The van der Waals surface area contributed by atoms with E-state index in [0.29, 0.717) is 0 Å². The van der Waals surface area contributed by atoms with Gasteiger partial charge in [-0.2, -0.15) is 5.10 Å². The first-order chi connectivity index (χ1) is 7.77. The lowest BCUT2D eigenvalue weighted by Gasteiger charge is -2.04. The van der Waals surface area contributed by atoms with Crippen molar-refractivity contribution in [3.8, 4) is 0 Å². The number of thiophene rings is 1. The number of nitrogens with zero attached hydrogens (tertiary/aromatic N) is 2. The zero-order valence-electron chi connectivity index (χ0n) is 9.31. The monoisotopic (exact) mass is 236 g/mol. The van der Waals surface area contributed by atoms with E-state index in [9.17, 15) is 0 Å². The predicted molar refractivity (Wildman–Crippen MR) is 67.4 cm³/mol. The van der Waals surface area contributed by atoms with Crippen molar-refractivity contribution in [3.63, 3.8) is 0 Å². The highest BCUT2D eigenvalue weighted by Gasteiger charge is 2.01. The summed E-state index contributed by atoms with van der Waals surface area (Å²) in [6, 6.07) is 3.99. The Kier molecular flexibility index (Phi) is 3.58. The van der Waals surface area contributed by atoms with Gasteiger partial charge in [0.2, 0.25) is 0 Å². The molecule has 0 radical (unpaired) electrons. The van der Waals surface area contributed by atoms with Crippen molar-refractivity contribution < 1.29 is 0 Å². The summed E-state index contributed by atoms with van der Waals surface area (Å²) in [5, 5.41) is 9.54. The Morgan fingerprint density at radius 3 is 3.00 bits per heavy atom. The van der Waals surface area contributed by atoms with Crippen LogP contribution in [0.5, 0.6) is 0 Å². The Bertz CT molecular complexity index is 404. The Hall–Kier alpha value is -1.33. The number of aryl methyl sites for hydroxylation is 1. The summed E-state index contributed by atoms with van der Waals surface area (Å²) in [5.41, 5.74) is 7.93. The minimum absolute atomic E-state index is 0.849. The molecule has 0 spiro atoms. The summed E-state index contributed by atoms with van der Waals surface area (Å²) in [5.74, 6) is 0. The average Bonchev–Trinajstić information content (AvgIpc) is 2.84. The van der Waals surface area contributed by atoms with E-state index in [4.69, 9.17) is 5.73 Å². The molecule has 2 rings (SSSR count). The van der Waals surface area contributed by atoms with Crippen molar-refractivity contribution in [2.24, 2.45) is 7.05 Å². The second-order valence-electron chi connectivity index (χ2n) is 3.67. The fraction of sp³-hybridized carbons (Fsp3) is 0.364. The number of rotatable bonds is 5. The molecule has 3 N–H and O–H groups in total. The molecule has 0 saturated carbocycles. The van der Waals surface area contributed by atoms with Gasteiger partial charge >= 0.3 is 0 Å². The molecular formula is C11H16N4S. The number of anilines is 1. The lowest BCUT2D eigenvalue weighted by molar-refractivity contribution is 0.647. The van der Waals surface area contributed by atoms with Gasteiger partial charge in [-0.3, -0.25) is 4.68 Å². The van der Waals surface area contributed by atoms with Crippen LogP contribution >= 0.6 is 11.3 Å². The summed E-state index contributed by atoms with van der Waals surface area (Å²) in [6.07, 6.45) is 2.81. The van der Waals surface area contributed by atoms with Gasteiger partial charge in [-0.1, -0.05) is 0 Å². The van der Waals surface area contributed by atoms with Crippen molar-refractivity contribution in [1.82, 2.24) is 15.1 Å². The van der Waals surface area contributed by atoms with Crippen molar-refractivity contribution in [3.05, 3.63) is 34.3 Å². The molecule has 2 heterocycles. The first kappa shape index (κ1) is 11.2. The standard InChI is InChI=1S/C11H16N4S/c1-15-9(3-6-14-15)2-5-13-8-11-10(12)4-7-16-11/h3-4,6-7,13H,2,5,8,12H2,1H3. The maximum Gasteiger partial charge on any atom is 0.0492 e. The molecule has 16 heavy (non-hydrogen) atoms. The smallest absolute Gasteiger partial charge is 0.0492 e. The third-order valence-corrected chi connectivity index (χ3v) is 3.48. The lowest BCUT2D eigenvalue weighted by Crippen LogP contribution is -2.17. The van der Waals surface area contributed by atoms with Gasteiger partial charge in [-0.05, 0) is 17.5 Å². The Morgan fingerprint density at radius 2 is 2.38 bits per heavy atom. The van der Waals surface area contributed by atoms with Crippen LogP contribution in [0, 0.1) is 0 Å². The fourth-order valence-electron chi connectivity index (χ4n) is 1.56. The molecule has 0 aliphatic rings. The normalized spacial score (nSPS) is 10.8. The van der Waals surface area contributed by atoms with Crippen LogP contribution in [0.4, 0.5) is 5.69 Å². The number of hydrogen-bond donors (Lipinski definition) is 2. The van der Waals surface area contributed by atoms with Gasteiger partial charge in [-0.15, -0.1) is 11.3 Å². The zero-order valence-corrected chi connectivity index (χ0v) is 10.1. The number of aromatic nitrogens is 2. The molecule has 0 unspecified atom stereocenters. The van der Waals surface area contributed by atoms with Crippen LogP contribution in [0.3, 0.4) is 0 Å². The van der Waals surface area contributed by atoms with E-state index in [0.717, 1.165) is 25.2 Å². The minimum atomic E-state index is 0.849. The highest BCUT2D eigenvalue weighted by molar-refractivity contribution is 7.10. The van der Waals surface area contributed by atoms with Gasteiger partial charge in [0, 0.05) is 49.0 Å². The van der Waals surface area contributed by atoms with Crippen LogP contribution < -0.4 is 11.1 Å². The van der Waals surface area contributed by atoms with Gasteiger partial charge in [0.05, 0.1) is 0 Å². The van der Waals surface area contributed by atoms with E-state index in [1.54, 1.807) is 11.3 Å². The Balaban J connectivity index is 1.74. The molecule has 0 saturated heterocycles. The van der Waals surface area contributed by atoms with Crippen molar-refractivity contribution in [2.75, 3.05) is 12.3 Å². The van der Waals surface area contributed by atoms with E-state index in [-0.39, 0.29) is 0 Å². The van der Waals surface area contributed by atoms with Crippen LogP contribution in [0.2, 0.25) is 0 Å². The number of nitrogens with two attached hydrogens (primary N) is 1. The molecule has 0 amide bonds. The van der Waals surface area contributed by atoms with Gasteiger partial charge in [0.1, 0.15) is 0 Å². The van der Waals surface area contributed by atoms with E-state index in [2.05, 4.69) is 10.4 Å². The number of hydrogen-bond acceptors (Lipinski definition) is 4. The van der Waals surface area contributed by atoms with E-state index in [1.165, 1.54) is 10.6 Å². The second-order valence-corrected chi connectivity index (χ2v) is 4.67. The summed E-state index contributed by atoms with van der Waals surface area (Å²) in [4.78, 5) is 1.21. The largest absolute Gasteiger partial charge is 0.398 e. The summed E-state index contributed by atoms with van der Waals surface area (Å²) >= 11 is 1.70. The predicted octanol–water partition coefficient (Wildman–Crippen LogP) is 1.40. The quantitative estimate of drug-likeness (QED) is 0.771. The van der Waals surface area contributed by atoms with Crippen LogP contribution in [-0.2, 0) is 20.0 Å². The van der Waals surface area contributed by atoms with Crippen molar-refractivity contribution in [1.29, 1.82) is 0 Å². The number of nitrogen functional groups attached to an aromatic ring is 1. The minimum Gasteiger partial charge on any atom is -0.398 e. The molecule has 0 atom stereocenters. The van der Waals surface area contributed by atoms with Gasteiger partial charge in [-0.25, -0.2) is 0 Å². The fourth-order valence-corrected chi connectivity index (χ4v) is 2.33. The number of nitrogens with one attached hydrogen (secondary N) is 1. The van der Waals surface area contributed by atoms with Crippen LogP contribution in [0.25, 0.3) is 0 Å². The third-order valence-electron chi connectivity index (χ3n) is 2.55. The van der Waals surface area contributed by atoms with Gasteiger partial charge in [0.15, 0.2) is 0 Å². The van der Waals surface area contributed by atoms with Crippen molar-refractivity contribution in [2.45, 2.75) is 13.0 Å². The molecule has 0 aromatic carbocycles. The zero-order chi connectivity index (χ0) is 11.4. The van der Waals surface area contributed by atoms with Crippen molar-refractivity contribution >= 4 is 17.0 Å². The first-order valence-electron chi connectivity index (χ1n) is 5.27. The summed E-state index contributed by atoms with van der Waals surface area (Å²) in [7, 11) is 1.96. The Morgan fingerprint density at radius 1 is 1.50 bits per heavy atom. The van der Waals surface area contributed by atoms with Gasteiger partial charge in [0.25, 0.3) is 0 Å². The van der Waals surface area contributed by atoms with Crippen LogP contribution in [0.1, 0.15) is 10.6 Å². The van der Waals surface area contributed by atoms with Gasteiger partial charge < -0.3 is 11.1 Å². The average molecular weight is 236 g/mol. The molecule has 0 aliphatic carbocycles. The SMILES string of the molecule is Cn1nccc1CCNCc1sccc1N. The summed E-state index contributed by atoms with van der Waals surface area (Å²) < 4.78 is 1.90. The molecule has 2 aromatic heterocycles. The molecular weight excluding hydrogens is 220 g/mol. The molecule has 0 bridgehead atoms. The molecule has 0 fully saturated rings. The molecule has 0 aliphatic heterocycles. The van der Waals surface area contributed by atoms with Crippen LogP contribution in [-0.4, -0.2) is 16.3 Å². The Labute approximate surface area is 99.1 Å². The topological polar surface area (TPSA) is 55.9 Å². The molecule has 86 valence electrons. The lowest BCUT2D eigenvalue weighted by atomic mass is 10.3. The first-order valence-corrected chi connectivity index (χ1v) is 6.15. The third kappa shape index (κ3) is 2.62. The highest BCUT2D eigenvalue weighted by Crippen LogP contribution is 2.17. The van der Waals surface area contributed by atoms with E-state index < -0.39 is 0 Å². The molecule has 2 aromatic rings. The summed E-state index contributed by atoms with van der Waals surface area (Å²) in [6.45, 7) is 1.79. The van der Waals surface area contributed by atoms with E-state index in [1.807, 2.05) is 35.4 Å². The highest BCUT2D eigenvalue weighted by atomic mass is 32.1. The molecule has 5 heteroatoms. The molecule has 4 nitrogen and oxygen atoms in total.